The molecule has 0 atom stereocenters. The largest absolute Gasteiger partial charge is 0.492 e. The maximum Gasteiger partial charge on any atom is 0.351 e. The number of benzene rings is 1. The van der Waals surface area contributed by atoms with Crippen molar-refractivity contribution in [1.29, 1.82) is 0 Å². The second kappa shape index (κ2) is 11.4. The molecule has 0 radical (unpaired) electrons. The Kier molecular flexibility index (Phi) is 9.92. The van der Waals surface area contributed by atoms with Crippen molar-refractivity contribution >= 4 is 29.7 Å². The Balaban J connectivity index is 0.00000196. The molecule has 1 aromatic carbocycles. The van der Waals surface area contributed by atoms with E-state index in [1.54, 1.807) is 6.07 Å². The van der Waals surface area contributed by atoms with Gasteiger partial charge >= 0.3 is 5.97 Å². The van der Waals surface area contributed by atoms with Gasteiger partial charge in [-0.15, -0.1) is 23.7 Å². The van der Waals surface area contributed by atoms with E-state index < -0.39 is 5.60 Å². The van der Waals surface area contributed by atoms with Crippen LogP contribution in [0.4, 0.5) is 0 Å². The number of nitrogens with zero attached hydrogens (tertiary/aromatic N) is 1. The summed E-state index contributed by atoms with van der Waals surface area (Å²) in [6.07, 6.45) is 2.37. The molecule has 0 spiro atoms. The number of methoxy groups -OCH3 is 1. The van der Waals surface area contributed by atoms with Gasteiger partial charge in [-0.25, -0.2) is 4.79 Å². The number of thiophene rings is 1. The van der Waals surface area contributed by atoms with Crippen molar-refractivity contribution in [2.45, 2.75) is 24.9 Å². The molecule has 1 aliphatic heterocycles. The van der Waals surface area contributed by atoms with E-state index in [2.05, 4.69) is 4.90 Å². The molecule has 1 saturated heterocycles. The summed E-state index contributed by atoms with van der Waals surface area (Å²) in [5, 5.41) is 12.7. The van der Waals surface area contributed by atoms with Crippen LogP contribution in [0.5, 0.6) is 5.75 Å². The van der Waals surface area contributed by atoms with Gasteiger partial charge in [-0.2, -0.15) is 0 Å². The molecule has 1 aliphatic rings. The number of aliphatic hydroxyl groups is 1. The van der Waals surface area contributed by atoms with Gasteiger partial charge in [0.15, 0.2) is 4.88 Å². The summed E-state index contributed by atoms with van der Waals surface area (Å²) in [7, 11) is 1.37. The fourth-order valence-corrected chi connectivity index (χ4v) is 4.06. The second-order valence-corrected chi connectivity index (χ2v) is 7.46. The maximum atomic E-state index is 11.6. The summed E-state index contributed by atoms with van der Waals surface area (Å²) in [5.74, 6) is 0.241. The Hall–Kier alpha value is -1.64. The van der Waals surface area contributed by atoms with Gasteiger partial charge in [0, 0.05) is 19.6 Å². The molecule has 0 saturated carbocycles. The molecule has 0 unspecified atom stereocenters. The zero-order chi connectivity index (χ0) is 18.4. The van der Waals surface area contributed by atoms with Gasteiger partial charge in [0.2, 0.25) is 0 Å². The number of likely N-dealkylation sites (tertiary alicyclic amines) is 1. The first-order valence-corrected chi connectivity index (χ1v) is 9.79. The van der Waals surface area contributed by atoms with Crippen molar-refractivity contribution in [1.82, 2.24) is 4.90 Å². The Morgan fingerprint density at radius 3 is 2.54 bits per heavy atom. The van der Waals surface area contributed by atoms with Crippen LogP contribution in [0.15, 0.2) is 41.8 Å². The maximum absolute atomic E-state index is 11.6. The number of piperidine rings is 1. The normalized spacial score (nSPS) is 15.8. The molecule has 0 bridgehead atoms. The highest BCUT2D eigenvalue weighted by Crippen LogP contribution is 2.32. The molecule has 0 aliphatic carbocycles. The lowest BCUT2D eigenvalue weighted by Crippen LogP contribution is -2.43. The molecule has 1 fully saturated rings. The Morgan fingerprint density at radius 1 is 1.21 bits per heavy atom. The zero-order valence-electron chi connectivity index (χ0n) is 15.9. The third kappa shape index (κ3) is 5.93. The molecule has 3 N–H and O–H groups in total. The van der Waals surface area contributed by atoms with Crippen LogP contribution in [0.3, 0.4) is 0 Å². The van der Waals surface area contributed by atoms with Crippen LogP contribution in [0.1, 0.15) is 34.5 Å². The fraction of sp³-hybridized carbons (Fsp3) is 0.450. The summed E-state index contributed by atoms with van der Waals surface area (Å²) in [6, 6.07) is 11.7. The van der Waals surface area contributed by atoms with Crippen molar-refractivity contribution in [2.75, 3.05) is 33.4 Å². The molecule has 2 aromatic rings. The number of carbonyl (C=O) groups excluding carboxylic acids is 1. The number of halogens is 1. The zero-order valence-corrected chi connectivity index (χ0v) is 17.6. The van der Waals surface area contributed by atoms with Crippen molar-refractivity contribution in [3.05, 3.63) is 52.2 Å². The minimum Gasteiger partial charge on any atom is -0.492 e. The third-order valence-electron chi connectivity index (χ3n) is 4.87. The topological polar surface area (TPSA) is 90.5 Å². The van der Waals surface area contributed by atoms with E-state index in [9.17, 15) is 9.90 Å². The molecule has 1 aromatic heterocycles. The minimum absolute atomic E-state index is 0. The Labute approximate surface area is 175 Å². The number of rotatable bonds is 7. The monoisotopic (exact) mass is 429 g/mol. The van der Waals surface area contributed by atoms with E-state index in [1.165, 1.54) is 18.4 Å². The van der Waals surface area contributed by atoms with Crippen LogP contribution >= 0.6 is 23.7 Å². The van der Waals surface area contributed by atoms with Crippen LogP contribution in [-0.4, -0.2) is 54.8 Å². The van der Waals surface area contributed by atoms with E-state index in [1.807, 2.05) is 35.7 Å². The highest BCUT2D eigenvalue weighted by Gasteiger charge is 2.33. The number of ether oxygens (including phenoxy) is 2. The lowest BCUT2D eigenvalue weighted by molar-refractivity contribution is -0.0264. The van der Waals surface area contributed by atoms with Crippen LogP contribution in [0.2, 0.25) is 0 Å². The van der Waals surface area contributed by atoms with Crippen molar-refractivity contribution in [3.8, 4) is 5.75 Å². The van der Waals surface area contributed by atoms with Crippen molar-refractivity contribution in [3.63, 3.8) is 0 Å². The summed E-state index contributed by atoms with van der Waals surface area (Å²) in [6.45, 7) is 3.22. The number of hydrogen-bond donors (Lipinski definition) is 1. The highest BCUT2D eigenvalue weighted by atomic mass is 35.5. The fourth-order valence-electron chi connectivity index (χ4n) is 3.31. The molecule has 156 valence electrons. The van der Waals surface area contributed by atoms with Crippen LogP contribution < -0.4 is 4.74 Å². The molecular weight excluding hydrogens is 402 g/mol. The van der Waals surface area contributed by atoms with E-state index in [-0.39, 0.29) is 23.9 Å². The minimum atomic E-state index is -0.708. The number of esters is 1. The molecule has 0 amide bonds. The van der Waals surface area contributed by atoms with Gasteiger partial charge in [-0.1, -0.05) is 30.3 Å². The predicted octanol–water partition coefficient (Wildman–Crippen LogP) is 2.88. The second-order valence-electron chi connectivity index (χ2n) is 6.55. The Morgan fingerprint density at radius 2 is 1.89 bits per heavy atom. The first kappa shape index (κ1) is 24.4. The predicted molar refractivity (Wildman–Crippen MR) is 113 cm³/mol. The summed E-state index contributed by atoms with van der Waals surface area (Å²) >= 11 is 1.33. The molecular formula is C20H28ClNO5S. The van der Waals surface area contributed by atoms with E-state index >= 15 is 0 Å². The lowest BCUT2D eigenvalue weighted by atomic mass is 9.84. The van der Waals surface area contributed by atoms with E-state index in [0.29, 0.717) is 17.2 Å². The van der Waals surface area contributed by atoms with Crippen molar-refractivity contribution < 1.29 is 24.9 Å². The van der Waals surface area contributed by atoms with Crippen LogP contribution in [-0.2, 0) is 10.3 Å². The van der Waals surface area contributed by atoms with Gasteiger partial charge in [-0.3, -0.25) is 0 Å². The van der Waals surface area contributed by atoms with Gasteiger partial charge in [0.1, 0.15) is 5.75 Å². The molecule has 2 heterocycles. The van der Waals surface area contributed by atoms with E-state index in [4.69, 9.17) is 9.47 Å². The van der Waals surface area contributed by atoms with Crippen LogP contribution in [0.25, 0.3) is 0 Å². The molecule has 28 heavy (non-hydrogen) atoms. The molecule has 6 nitrogen and oxygen atoms in total. The Bertz CT molecular complexity index is 716. The quantitative estimate of drug-likeness (QED) is 0.539. The van der Waals surface area contributed by atoms with Gasteiger partial charge in [-0.05, 0) is 36.3 Å². The van der Waals surface area contributed by atoms with Gasteiger partial charge in [0.25, 0.3) is 0 Å². The summed E-state index contributed by atoms with van der Waals surface area (Å²) in [4.78, 5) is 14.5. The van der Waals surface area contributed by atoms with Gasteiger partial charge < -0.3 is 25.0 Å². The molecule has 3 rings (SSSR count). The first-order valence-electron chi connectivity index (χ1n) is 8.91. The van der Waals surface area contributed by atoms with Crippen LogP contribution in [0, 0.1) is 0 Å². The van der Waals surface area contributed by atoms with E-state index in [0.717, 1.165) is 44.5 Å². The highest BCUT2D eigenvalue weighted by molar-refractivity contribution is 7.12. The third-order valence-corrected chi connectivity index (χ3v) is 5.75. The smallest absolute Gasteiger partial charge is 0.351 e. The standard InChI is InChI=1S/C20H25NO4S.ClH.H2O/c1-24-19(22)18-17(8-15-26-18)25-14-5-11-21-12-9-20(23,10-13-21)16-6-3-2-4-7-16;;/h2-4,6-8,15,23H,5,9-14H2,1H3;1H;1H2. The van der Waals surface area contributed by atoms with Gasteiger partial charge in [0.05, 0.1) is 19.3 Å². The summed E-state index contributed by atoms with van der Waals surface area (Å²) < 4.78 is 10.5. The first-order chi connectivity index (χ1) is 12.6. The molecule has 8 heteroatoms. The number of hydrogen-bond acceptors (Lipinski definition) is 6. The van der Waals surface area contributed by atoms with Crippen molar-refractivity contribution in [2.24, 2.45) is 0 Å². The average Bonchev–Trinajstić information content (AvgIpc) is 3.15. The SMILES string of the molecule is COC(=O)c1sccc1OCCCN1CCC(O)(c2ccccc2)CC1.Cl.O. The lowest BCUT2D eigenvalue weighted by Gasteiger charge is -2.38. The summed E-state index contributed by atoms with van der Waals surface area (Å²) in [5.41, 5.74) is 0.302. The number of carbonyl (C=O) groups is 1. The average molecular weight is 430 g/mol.